The van der Waals surface area contributed by atoms with Crippen molar-refractivity contribution in [1.29, 1.82) is 0 Å². The molecule has 4 rings (SSSR count). The normalized spacial score (nSPS) is 14.8. The summed E-state index contributed by atoms with van der Waals surface area (Å²) in [6, 6.07) is 7.94. The second-order valence-corrected chi connectivity index (χ2v) is 9.73. The first-order valence-corrected chi connectivity index (χ1v) is 12.1. The fraction of sp³-hybridized carbons (Fsp3) is 0.364. The Kier molecular flexibility index (Phi) is 6.22. The predicted octanol–water partition coefficient (Wildman–Crippen LogP) is 3.52. The average molecular weight is 455 g/mol. The van der Waals surface area contributed by atoms with Crippen LogP contribution in [0.4, 0.5) is 5.69 Å². The molecule has 0 fully saturated rings. The van der Waals surface area contributed by atoms with Gasteiger partial charge in [0.2, 0.25) is 0 Å². The molecule has 32 heavy (non-hydrogen) atoms. The van der Waals surface area contributed by atoms with E-state index in [1.54, 1.807) is 29.1 Å². The summed E-state index contributed by atoms with van der Waals surface area (Å²) in [5.74, 6) is 0.168. The second kappa shape index (κ2) is 9.07. The van der Waals surface area contributed by atoms with Gasteiger partial charge in [-0.2, -0.15) is 5.10 Å². The Balaban J connectivity index is 1.45. The third-order valence-electron chi connectivity index (χ3n) is 5.23. The SMILES string of the molecule is CC(C)n1ncc2cc(C(=O)Nc3ccc(S(=O)(=O)NC4=NCCCCC4)cc3)cnc21. The number of hydrogen-bond donors (Lipinski definition) is 2. The van der Waals surface area contributed by atoms with Gasteiger partial charge in [-0.05, 0) is 57.0 Å². The Labute approximate surface area is 187 Å². The molecule has 168 valence electrons. The highest BCUT2D eigenvalue weighted by atomic mass is 32.2. The van der Waals surface area contributed by atoms with Crippen molar-refractivity contribution in [3.05, 3.63) is 48.3 Å². The van der Waals surface area contributed by atoms with Crippen LogP contribution >= 0.6 is 0 Å². The van der Waals surface area contributed by atoms with Gasteiger partial charge in [-0.15, -0.1) is 0 Å². The molecule has 0 atom stereocenters. The maximum absolute atomic E-state index is 12.7. The van der Waals surface area contributed by atoms with E-state index in [9.17, 15) is 13.2 Å². The van der Waals surface area contributed by atoms with E-state index in [-0.39, 0.29) is 16.8 Å². The quantitative estimate of drug-likeness (QED) is 0.611. The Morgan fingerprint density at radius 3 is 2.62 bits per heavy atom. The largest absolute Gasteiger partial charge is 0.322 e. The van der Waals surface area contributed by atoms with Crippen LogP contribution in [0.15, 0.2) is 52.6 Å². The zero-order valence-corrected chi connectivity index (χ0v) is 18.9. The first-order valence-electron chi connectivity index (χ1n) is 10.6. The minimum Gasteiger partial charge on any atom is -0.322 e. The van der Waals surface area contributed by atoms with Crippen LogP contribution in [0.5, 0.6) is 0 Å². The number of hydrogen-bond acceptors (Lipinski definition) is 6. The van der Waals surface area contributed by atoms with Crippen LogP contribution in [0.1, 0.15) is 55.9 Å². The molecule has 0 bridgehead atoms. The summed E-state index contributed by atoms with van der Waals surface area (Å²) in [4.78, 5) is 21.5. The molecule has 1 aromatic carbocycles. The first-order chi connectivity index (χ1) is 15.3. The van der Waals surface area contributed by atoms with Crippen molar-refractivity contribution in [3.8, 4) is 0 Å². The number of anilines is 1. The van der Waals surface area contributed by atoms with Crippen LogP contribution in [-0.4, -0.2) is 41.5 Å². The summed E-state index contributed by atoms with van der Waals surface area (Å²) < 4.78 is 29.7. The van der Waals surface area contributed by atoms with E-state index in [4.69, 9.17) is 0 Å². The molecule has 1 aliphatic rings. The third kappa shape index (κ3) is 4.80. The molecule has 9 nitrogen and oxygen atoms in total. The molecule has 10 heteroatoms. The summed E-state index contributed by atoms with van der Waals surface area (Å²) in [5.41, 5.74) is 1.60. The van der Waals surface area contributed by atoms with Crippen LogP contribution in [0.3, 0.4) is 0 Å². The number of benzene rings is 1. The number of amidine groups is 1. The smallest absolute Gasteiger partial charge is 0.262 e. The molecule has 1 amide bonds. The summed E-state index contributed by atoms with van der Waals surface area (Å²) in [5, 5.41) is 7.86. The van der Waals surface area contributed by atoms with Crippen LogP contribution in [0, 0.1) is 0 Å². The molecule has 0 saturated heterocycles. The van der Waals surface area contributed by atoms with Crippen molar-refractivity contribution in [1.82, 2.24) is 19.5 Å². The Morgan fingerprint density at radius 2 is 1.88 bits per heavy atom. The van der Waals surface area contributed by atoms with Crippen molar-refractivity contribution >= 4 is 38.5 Å². The highest BCUT2D eigenvalue weighted by Gasteiger charge is 2.18. The third-order valence-corrected chi connectivity index (χ3v) is 6.63. The molecule has 2 aromatic heterocycles. The number of aromatic nitrogens is 3. The number of rotatable bonds is 5. The van der Waals surface area contributed by atoms with Crippen molar-refractivity contribution in [3.63, 3.8) is 0 Å². The van der Waals surface area contributed by atoms with E-state index in [0.717, 1.165) is 30.3 Å². The number of sulfonamides is 1. The molecule has 0 spiro atoms. The van der Waals surface area contributed by atoms with Crippen LogP contribution in [0.2, 0.25) is 0 Å². The van der Waals surface area contributed by atoms with E-state index in [1.165, 1.54) is 18.3 Å². The number of amides is 1. The van der Waals surface area contributed by atoms with Crippen molar-refractivity contribution in [2.45, 2.75) is 50.5 Å². The zero-order chi connectivity index (χ0) is 22.7. The van der Waals surface area contributed by atoms with Crippen molar-refractivity contribution < 1.29 is 13.2 Å². The summed E-state index contributed by atoms with van der Waals surface area (Å²) in [7, 11) is -3.72. The van der Waals surface area contributed by atoms with Crippen molar-refractivity contribution in [2.75, 3.05) is 11.9 Å². The fourth-order valence-electron chi connectivity index (χ4n) is 3.53. The van der Waals surface area contributed by atoms with Gasteiger partial charge >= 0.3 is 0 Å². The number of nitrogens with one attached hydrogen (secondary N) is 2. The van der Waals surface area contributed by atoms with Gasteiger partial charge in [-0.25, -0.2) is 18.1 Å². The average Bonchev–Trinajstić information content (AvgIpc) is 3.03. The molecule has 1 aliphatic heterocycles. The van der Waals surface area contributed by atoms with E-state index < -0.39 is 10.0 Å². The maximum atomic E-state index is 12.7. The molecule has 0 aliphatic carbocycles. The lowest BCUT2D eigenvalue weighted by Crippen LogP contribution is -2.30. The van der Waals surface area contributed by atoms with Crippen LogP contribution in [-0.2, 0) is 10.0 Å². The van der Waals surface area contributed by atoms with E-state index >= 15 is 0 Å². The zero-order valence-electron chi connectivity index (χ0n) is 18.1. The van der Waals surface area contributed by atoms with Gasteiger partial charge < -0.3 is 5.32 Å². The van der Waals surface area contributed by atoms with Crippen molar-refractivity contribution in [2.24, 2.45) is 4.99 Å². The first kappa shape index (κ1) is 21.9. The minimum atomic E-state index is -3.72. The van der Waals surface area contributed by atoms with Gasteiger partial charge in [0.05, 0.1) is 16.7 Å². The van der Waals surface area contributed by atoms with E-state index in [0.29, 0.717) is 30.1 Å². The van der Waals surface area contributed by atoms with E-state index in [2.05, 4.69) is 25.1 Å². The number of fused-ring (bicyclic) bond motifs is 1. The number of aliphatic imine (C=N–C) groups is 1. The standard InChI is InChI=1S/C22H26N6O3S/c1-15(2)28-21-16(14-25-28)12-17(13-24-21)22(29)26-18-7-9-19(10-8-18)32(30,31)27-20-6-4-3-5-11-23-20/h7-10,12-15H,3-6,11H2,1-2H3,(H,23,27)(H,26,29). The maximum Gasteiger partial charge on any atom is 0.262 e. The van der Waals surface area contributed by atoms with Crippen LogP contribution < -0.4 is 10.0 Å². The van der Waals surface area contributed by atoms with Gasteiger partial charge in [0.1, 0.15) is 5.84 Å². The molecule has 0 radical (unpaired) electrons. The van der Waals surface area contributed by atoms with Gasteiger partial charge in [-0.3, -0.25) is 14.5 Å². The molecular formula is C22H26N6O3S. The number of pyridine rings is 1. The second-order valence-electron chi connectivity index (χ2n) is 8.04. The summed E-state index contributed by atoms with van der Waals surface area (Å²) in [6.07, 6.45) is 6.76. The highest BCUT2D eigenvalue weighted by molar-refractivity contribution is 7.90. The lowest BCUT2D eigenvalue weighted by atomic mass is 10.2. The van der Waals surface area contributed by atoms with Gasteiger partial charge in [0.15, 0.2) is 5.65 Å². The lowest BCUT2D eigenvalue weighted by molar-refractivity contribution is 0.102. The molecule has 0 unspecified atom stereocenters. The fourth-order valence-corrected chi connectivity index (χ4v) is 4.62. The number of nitrogens with zero attached hydrogens (tertiary/aromatic N) is 4. The van der Waals surface area contributed by atoms with Gasteiger partial charge in [0.25, 0.3) is 15.9 Å². The summed E-state index contributed by atoms with van der Waals surface area (Å²) in [6.45, 7) is 4.66. The molecule has 2 N–H and O–H groups in total. The Morgan fingerprint density at radius 1 is 1.09 bits per heavy atom. The van der Waals surface area contributed by atoms with E-state index in [1.807, 2.05) is 13.8 Å². The van der Waals surface area contributed by atoms with Gasteiger partial charge in [-0.1, -0.05) is 6.42 Å². The molecule has 0 saturated carbocycles. The minimum absolute atomic E-state index is 0.117. The lowest BCUT2D eigenvalue weighted by Gasteiger charge is -2.11. The Bertz CT molecular complexity index is 1260. The van der Waals surface area contributed by atoms with Gasteiger partial charge in [0, 0.05) is 36.3 Å². The molecule has 3 aromatic rings. The Hall–Kier alpha value is -3.27. The van der Waals surface area contributed by atoms with Crippen LogP contribution in [0.25, 0.3) is 11.0 Å². The number of carbonyl (C=O) groups excluding carboxylic acids is 1. The highest BCUT2D eigenvalue weighted by Crippen LogP contribution is 2.19. The summed E-state index contributed by atoms with van der Waals surface area (Å²) >= 11 is 0. The predicted molar refractivity (Wildman–Crippen MR) is 123 cm³/mol. The topological polar surface area (TPSA) is 118 Å². The number of carbonyl (C=O) groups is 1. The monoisotopic (exact) mass is 454 g/mol. The molecule has 3 heterocycles. The molecular weight excluding hydrogens is 428 g/mol.